The minimum absolute atomic E-state index is 0. The first-order valence-electron chi connectivity index (χ1n) is 9.30. The van der Waals surface area contributed by atoms with Crippen LogP contribution in [0.5, 0.6) is 0 Å². The first-order valence-corrected chi connectivity index (χ1v) is 9.30. The van der Waals surface area contributed by atoms with E-state index in [9.17, 15) is 4.79 Å². The molecule has 3 atom stereocenters. The number of carbonyl (C=O) groups is 1. The summed E-state index contributed by atoms with van der Waals surface area (Å²) >= 11 is 0. The Hall–Kier alpha value is -2.30. The van der Waals surface area contributed by atoms with Gasteiger partial charge in [0.05, 0.1) is 0 Å². The van der Waals surface area contributed by atoms with Gasteiger partial charge in [0.25, 0.3) is 0 Å². The summed E-state index contributed by atoms with van der Waals surface area (Å²) in [6.07, 6.45) is 3.68. The van der Waals surface area contributed by atoms with Crippen molar-refractivity contribution in [3.63, 3.8) is 0 Å². The number of amides is 1. The molecule has 0 saturated heterocycles. The Balaban J connectivity index is 0.00000210. The van der Waals surface area contributed by atoms with Gasteiger partial charge in [-0.15, -0.1) is 12.4 Å². The van der Waals surface area contributed by atoms with Crippen molar-refractivity contribution in [3.8, 4) is 0 Å². The number of carbonyl (C=O) groups excluding carboxylic acids is 1. The maximum atomic E-state index is 12.9. The van der Waals surface area contributed by atoms with Gasteiger partial charge in [-0.05, 0) is 37.0 Å². The monoisotopic (exact) mass is 384 g/mol. The summed E-state index contributed by atoms with van der Waals surface area (Å²) in [5.41, 5.74) is 7.91. The number of nitrogens with two attached hydrogens (primary N) is 1. The van der Waals surface area contributed by atoms with Gasteiger partial charge >= 0.3 is 0 Å². The Morgan fingerprint density at radius 1 is 1.07 bits per heavy atom. The van der Waals surface area contributed by atoms with Gasteiger partial charge < -0.3 is 15.5 Å². The number of rotatable bonds is 4. The lowest BCUT2D eigenvalue weighted by Crippen LogP contribution is -2.39. The summed E-state index contributed by atoms with van der Waals surface area (Å²) < 4.78 is 6.05. The first kappa shape index (κ1) is 19.5. The van der Waals surface area contributed by atoms with Crippen molar-refractivity contribution in [3.05, 3.63) is 72.0 Å². The van der Waals surface area contributed by atoms with Gasteiger partial charge in [-0.2, -0.15) is 0 Å². The number of benzene rings is 2. The fraction of sp³-hybridized carbons (Fsp3) is 0.318. The van der Waals surface area contributed by atoms with E-state index in [1.165, 1.54) is 0 Å². The van der Waals surface area contributed by atoms with Crippen LogP contribution < -0.4 is 11.1 Å². The van der Waals surface area contributed by atoms with Crippen molar-refractivity contribution >= 4 is 29.3 Å². The quantitative estimate of drug-likeness (QED) is 0.691. The lowest BCUT2D eigenvalue weighted by Gasteiger charge is -2.27. The Morgan fingerprint density at radius 3 is 2.56 bits per heavy atom. The molecule has 27 heavy (non-hydrogen) atoms. The molecular weight excluding hydrogens is 360 g/mol. The van der Waals surface area contributed by atoms with Gasteiger partial charge in [-0.25, -0.2) is 0 Å². The van der Waals surface area contributed by atoms with Crippen molar-refractivity contribution in [2.75, 3.05) is 0 Å². The van der Waals surface area contributed by atoms with E-state index in [-0.39, 0.29) is 36.3 Å². The zero-order chi connectivity index (χ0) is 17.9. The minimum Gasteiger partial charge on any atom is -0.459 e. The molecule has 4 nitrogen and oxygen atoms in total. The molecule has 3 N–H and O–H groups in total. The van der Waals surface area contributed by atoms with E-state index in [0.29, 0.717) is 0 Å². The van der Waals surface area contributed by atoms with Gasteiger partial charge in [0.15, 0.2) is 0 Å². The van der Waals surface area contributed by atoms with Crippen LogP contribution in [0, 0.1) is 5.92 Å². The molecule has 0 bridgehead atoms. The van der Waals surface area contributed by atoms with Gasteiger partial charge in [-0.1, -0.05) is 55.0 Å². The molecule has 5 heteroatoms. The molecule has 1 aliphatic carbocycles. The third kappa shape index (κ3) is 4.34. The Kier molecular flexibility index (Phi) is 6.19. The van der Waals surface area contributed by atoms with Crippen LogP contribution in [-0.2, 0) is 4.79 Å². The number of hydrogen-bond donors (Lipinski definition) is 2. The molecule has 4 rings (SSSR count). The van der Waals surface area contributed by atoms with Gasteiger partial charge in [-0.3, -0.25) is 4.79 Å². The minimum atomic E-state index is -0.297. The molecule has 0 aliphatic heterocycles. The second-order valence-corrected chi connectivity index (χ2v) is 7.16. The predicted molar refractivity (Wildman–Crippen MR) is 110 cm³/mol. The van der Waals surface area contributed by atoms with Crippen LogP contribution in [0.4, 0.5) is 0 Å². The SMILES string of the molecule is Cl.NC1CCCC(C(=O)NC(c2ccccc2)c2cc3ccccc3o2)C1. The summed E-state index contributed by atoms with van der Waals surface area (Å²) in [5.74, 6) is 0.801. The number of para-hydroxylation sites is 1. The third-order valence-electron chi connectivity index (χ3n) is 5.23. The van der Waals surface area contributed by atoms with Crippen LogP contribution in [-0.4, -0.2) is 11.9 Å². The molecule has 1 fully saturated rings. The summed E-state index contributed by atoms with van der Waals surface area (Å²) in [6.45, 7) is 0. The maximum absolute atomic E-state index is 12.9. The van der Waals surface area contributed by atoms with Gasteiger partial charge in [0, 0.05) is 17.3 Å². The summed E-state index contributed by atoms with van der Waals surface area (Å²) in [6, 6.07) is 19.7. The fourth-order valence-corrected chi connectivity index (χ4v) is 3.83. The number of hydrogen-bond acceptors (Lipinski definition) is 3. The number of fused-ring (bicyclic) bond motifs is 1. The average molecular weight is 385 g/mol. The molecule has 1 aliphatic rings. The smallest absolute Gasteiger partial charge is 0.224 e. The molecular formula is C22H25ClN2O2. The van der Waals surface area contributed by atoms with E-state index in [1.807, 2.05) is 60.7 Å². The highest BCUT2D eigenvalue weighted by Gasteiger charge is 2.28. The first-order chi connectivity index (χ1) is 12.7. The van der Waals surface area contributed by atoms with E-state index in [4.69, 9.17) is 10.2 Å². The molecule has 1 amide bonds. The summed E-state index contributed by atoms with van der Waals surface area (Å²) in [5, 5.41) is 4.25. The predicted octanol–water partition coefficient (Wildman–Crippen LogP) is 4.58. The van der Waals surface area contributed by atoms with Crippen LogP contribution in [0.1, 0.15) is 43.0 Å². The third-order valence-corrected chi connectivity index (χ3v) is 5.23. The van der Waals surface area contributed by atoms with E-state index < -0.39 is 0 Å². The van der Waals surface area contributed by atoms with Crippen molar-refractivity contribution < 1.29 is 9.21 Å². The molecule has 3 unspecified atom stereocenters. The van der Waals surface area contributed by atoms with Crippen LogP contribution in [0.2, 0.25) is 0 Å². The summed E-state index contributed by atoms with van der Waals surface area (Å²) in [7, 11) is 0. The van der Waals surface area contributed by atoms with Crippen LogP contribution in [0.25, 0.3) is 11.0 Å². The second-order valence-electron chi connectivity index (χ2n) is 7.16. The van der Waals surface area contributed by atoms with Crippen molar-refractivity contribution in [1.29, 1.82) is 0 Å². The average Bonchev–Trinajstić information content (AvgIpc) is 3.10. The summed E-state index contributed by atoms with van der Waals surface area (Å²) in [4.78, 5) is 12.9. The van der Waals surface area contributed by atoms with Crippen molar-refractivity contribution in [2.45, 2.75) is 37.8 Å². The highest BCUT2D eigenvalue weighted by molar-refractivity contribution is 5.85. The highest BCUT2D eigenvalue weighted by atomic mass is 35.5. The standard InChI is InChI=1S/C22H24N2O2.ClH/c23-18-11-6-10-17(13-18)22(25)24-21(15-7-2-1-3-8-15)20-14-16-9-4-5-12-19(16)26-20;/h1-5,7-9,12,14,17-18,21H,6,10-11,13,23H2,(H,24,25);1H. The van der Waals surface area contributed by atoms with Crippen LogP contribution >= 0.6 is 12.4 Å². The van der Waals surface area contributed by atoms with Crippen molar-refractivity contribution in [1.82, 2.24) is 5.32 Å². The largest absolute Gasteiger partial charge is 0.459 e. The molecule has 2 aromatic carbocycles. The highest BCUT2D eigenvalue weighted by Crippen LogP contribution is 2.30. The Labute approximate surface area is 165 Å². The lowest BCUT2D eigenvalue weighted by molar-refractivity contribution is -0.126. The number of nitrogens with one attached hydrogen (secondary N) is 1. The molecule has 1 heterocycles. The maximum Gasteiger partial charge on any atom is 0.224 e. The zero-order valence-electron chi connectivity index (χ0n) is 15.1. The lowest BCUT2D eigenvalue weighted by atomic mass is 9.85. The zero-order valence-corrected chi connectivity index (χ0v) is 16.0. The number of furan rings is 1. The molecule has 3 aromatic rings. The van der Waals surface area contributed by atoms with E-state index >= 15 is 0 Å². The topological polar surface area (TPSA) is 68.3 Å². The fourth-order valence-electron chi connectivity index (χ4n) is 3.83. The molecule has 142 valence electrons. The van der Waals surface area contributed by atoms with Crippen LogP contribution in [0.3, 0.4) is 0 Å². The Morgan fingerprint density at radius 2 is 1.81 bits per heavy atom. The normalized spacial score (nSPS) is 20.6. The number of halogens is 1. The van der Waals surface area contributed by atoms with E-state index in [1.54, 1.807) is 0 Å². The molecule has 1 saturated carbocycles. The van der Waals surface area contributed by atoms with E-state index in [2.05, 4.69) is 5.32 Å². The van der Waals surface area contributed by atoms with Crippen LogP contribution in [0.15, 0.2) is 65.1 Å². The second kappa shape index (κ2) is 8.59. The van der Waals surface area contributed by atoms with Crippen molar-refractivity contribution in [2.24, 2.45) is 11.7 Å². The van der Waals surface area contributed by atoms with Gasteiger partial charge in [0.2, 0.25) is 5.91 Å². The molecule has 1 aromatic heterocycles. The van der Waals surface area contributed by atoms with Gasteiger partial charge in [0.1, 0.15) is 17.4 Å². The Bertz CT molecular complexity index is 860. The van der Waals surface area contributed by atoms with E-state index in [0.717, 1.165) is 48.0 Å². The molecule has 0 spiro atoms. The molecule has 0 radical (unpaired) electrons.